The van der Waals surface area contributed by atoms with E-state index in [1.165, 1.54) is 25.7 Å². The Kier molecular flexibility index (Phi) is 3.15. The second-order valence-electron chi connectivity index (χ2n) is 6.04. The molecule has 0 bridgehead atoms. The number of carbonyl (C=O) groups is 2. The molecule has 2 saturated carbocycles. The zero-order valence-corrected chi connectivity index (χ0v) is 10.5. The van der Waals surface area contributed by atoms with Gasteiger partial charge in [0.25, 0.3) is 0 Å². The first-order chi connectivity index (χ1) is 7.93. The lowest BCUT2D eigenvalue weighted by Gasteiger charge is -2.19. The zero-order valence-electron chi connectivity index (χ0n) is 10.5. The molecule has 0 aromatic heterocycles. The largest absolute Gasteiger partial charge is 0.481 e. The van der Waals surface area contributed by atoms with Crippen molar-refractivity contribution < 1.29 is 14.7 Å². The third-order valence-corrected chi connectivity index (χ3v) is 4.24. The number of aliphatic carboxylic acids is 1. The van der Waals surface area contributed by atoms with Crippen molar-refractivity contribution in [1.82, 2.24) is 5.32 Å². The average molecular weight is 239 g/mol. The van der Waals surface area contributed by atoms with Gasteiger partial charge in [0.05, 0.1) is 5.41 Å². The quantitative estimate of drug-likeness (QED) is 0.784. The summed E-state index contributed by atoms with van der Waals surface area (Å²) in [5.74, 6) is 0.526. The van der Waals surface area contributed by atoms with Crippen molar-refractivity contribution in [2.45, 2.75) is 39.5 Å². The molecule has 4 heteroatoms. The predicted octanol–water partition coefficient (Wildman–Crippen LogP) is 1.65. The van der Waals surface area contributed by atoms with Crippen molar-refractivity contribution in [3.05, 3.63) is 0 Å². The second-order valence-corrected chi connectivity index (χ2v) is 6.04. The van der Waals surface area contributed by atoms with Crippen LogP contribution in [0.3, 0.4) is 0 Å². The molecule has 1 amide bonds. The minimum absolute atomic E-state index is 0.0659. The first-order valence-electron chi connectivity index (χ1n) is 6.44. The number of hydrogen-bond donors (Lipinski definition) is 2. The molecule has 96 valence electrons. The van der Waals surface area contributed by atoms with Gasteiger partial charge in [-0.1, -0.05) is 12.8 Å². The minimum atomic E-state index is -0.879. The number of rotatable bonds is 4. The monoisotopic (exact) mass is 239 g/mol. The molecule has 0 saturated heterocycles. The zero-order chi connectivity index (χ0) is 12.6. The number of carboxylic acid groups (broad SMARTS) is 1. The van der Waals surface area contributed by atoms with E-state index in [0.717, 1.165) is 0 Å². The molecule has 2 unspecified atom stereocenters. The summed E-state index contributed by atoms with van der Waals surface area (Å²) >= 11 is 0. The molecule has 0 spiro atoms. The molecule has 0 heterocycles. The maximum Gasteiger partial charge on any atom is 0.310 e. The van der Waals surface area contributed by atoms with Crippen LogP contribution in [-0.4, -0.2) is 23.5 Å². The van der Waals surface area contributed by atoms with E-state index >= 15 is 0 Å². The predicted molar refractivity (Wildman–Crippen MR) is 63.4 cm³/mol. The highest BCUT2D eigenvalue weighted by Gasteiger charge is 2.54. The van der Waals surface area contributed by atoms with Gasteiger partial charge in [0, 0.05) is 12.5 Å². The Balaban J connectivity index is 1.81. The van der Waals surface area contributed by atoms with Crippen molar-refractivity contribution in [2.75, 3.05) is 6.54 Å². The molecule has 2 fully saturated rings. The van der Waals surface area contributed by atoms with Crippen molar-refractivity contribution in [3.8, 4) is 0 Å². The molecule has 2 aliphatic carbocycles. The topological polar surface area (TPSA) is 66.4 Å². The van der Waals surface area contributed by atoms with Crippen molar-refractivity contribution in [1.29, 1.82) is 0 Å². The van der Waals surface area contributed by atoms with Crippen LogP contribution in [0.1, 0.15) is 39.5 Å². The van der Waals surface area contributed by atoms with Gasteiger partial charge in [0.2, 0.25) is 5.91 Å². The Hall–Kier alpha value is -1.06. The van der Waals surface area contributed by atoms with Gasteiger partial charge in [-0.05, 0) is 38.5 Å². The summed E-state index contributed by atoms with van der Waals surface area (Å²) in [4.78, 5) is 22.9. The minimum Gasteiger partial charge on any atom is -0.481 e. The van der Waals surface area contributed by atoms with Crippen LogP contribution in [0, 0.1) is 23.2 Å². The number of amides is 1. The van der Waals surface area contributed by atoms with Gasteiger partial charge in [0.1, 0.15) is 0 Å². The maximum atomic E-state index is 11.9. The van der Waals surface area contributed by atoms with Crippen LogP contribution in [0.25, 0.3) is 0 Å². The van der Waals surface area contributed by atoms with Gasteiger partial charge in [-0.25, -0.2) is 0 Å². The molecule has 17 heavy (non-hydrogen) atoms. The number of fused-ring (bicyclic) bond motifs is 1. The van der Waals surface area contributed by atoms with Crippen LogP contribution in [0.15, 0.2) is 0 Å². The van der Waals surface area contributed by atoms with Crippen molar-refractivity contribution >= 4 is 11.9 Å². The summed E-state index contributed by atoms with van der Waals surface area (Å²) in [6.07, 6.45) is 4.83. The van der Waals surface area contributed by atoms with Crippen LogP contribution < -0.4 is 5.32 Å². The van der Waals surface area contributed by atoms with E-state index in [9.17, 15) is 9.59 Å². The van der Waals surface area contributed by atoms with E-state index in [1.807, 2.05) is 0 Å². The molecule has 0 aliphatic heterocycles. The first-order valence-corrected chi connectivity index (χ1v) is 6.44. The maximum absolute atomic E-state index is 11.9. The molecule has 0 aromatic carbocycles. The van der Waals surface area contributed by atoms with Crippen molar-refractivity contribution in [2.24, 2.45) is 23.2 Å². The Bertz CT molecular complexity index is 326. The molecule has 0 aromatic rings. The van der Waals surface area contributed by atoms with Crippen LogP contribution >= 0.6 is 0 Å². The Morgan fingerprint density at radius 1 is 1.24 bits per heavy atom. The van der Waals surface area contributed by atoms with Gasteiger partial charge < -0.3 is 10.4 Å². The Morgan fingerprint density at radius 2 is 1.76 bits per heavy atom. The van der Waals surface area contributed by atoms with E-state index in [2.05, 4.69) is 5.32 Å². The second kappa shape index (κ2) is 4.31. The fourth-order valence-corrected chi connectivity index (χ4v) is 2.88. The molecule has 2 atom stereocenters. The van der Waals surface area contributed by atoms with E-state index in [-0.39, 0.29) is 18.4 Å². The summed E-state index contributed by atoms with van der Waals surface area (Å²) < 4.78 is 0. The normalized spacial score (nSPS) is 31.5. The lowest BCUT2D eigenvalue weighted by atomic mass is 9.94. The van der Waals surface area contributed by atoms with Gasteiger partial charge in [-0.15, -0.1) is 0 Å². The highest BCUT2D eigenvalue weighted by atomic mass is 16.4. The summed E-state index contributed by atoms with van der Waals surface area (Å²) in [7, 11) is 0. The lowest BCUT2D eigenvalue weighted by molar-refractivity contribution is -0.146. The number of nitrogens with one attached hydrogen (secondary N) is 1. The van der Waals surface area contributed by atoms with Gasteiger partial charge in [-0.2, -0.15) is 0 Å². The smallest absolute Gasteiger partial charge is 0.310 e. The molecule has 2 N–H and O–H groups in total. The third-order valence-electron chi connectivity index (χ3n) is 4.24. The van der Waals surface area contributed by atoms with Crippen LogP contribution in [-0.2, 0) is 9.59 Å². The number of hydrogen-bond acceptors (Lipinski definition) is 2. The highest BCUT2D eigenvalue weighted by Crippen LogP contribution is 2.55. The van der Waals surface area contributed by atoms with E-state index in [1.54, 1.807) is 13.8 Å². The Labute approximate surface area is 102 Å². The third kappa shape index (κ3) is 2.45. The van der Waals surface area contributed by atoms with Gasteiger partial charge in [-0.3, -0.25) is 9.59 Å². The fourth-order valence-electron chi connectivity index (χ4n) is 2.88. The average Bonchev–Trinajstić information content (AvgIpc) is 3.00. The Morgan fingerprint density at radius 3 is 2.24 bits per heavy atom. The van der Waals surface area contributed by atoms with Crippen molar-refractivity contribution in [3.63, 3.8) is 0 Å². The number of carboxylic acids is 1. The number of carbonyl (C=O) groups excluding carboxylic acids is 1. The van der Waals surface area contributed by atoms with Crippen LogP contribution in [0.4, 0.5) is 0 Å². The van der Waals surface area contributed by atoms with E-state index in [4.69, 9.17) is 5.11 Å². The highest BCUT2D eigenvalue weighted by molar-refractivity contribution is 5.83. The summed E-state index contributed by atoms with van der Waals surface area (Å²) in [5, 5.41) is 11.8. The van der Waals surface area contributed by atoms with Gasteiger partial charge >= 0.3 is 5.97 Å². The lowest BCUT2D eigenvalue weighted by Crippen LogP contribution is -2.39. The van der Waals surface area contributed by atoms with E-state index in [0.29, 0.717) is 11.8 Å². The first kappa shape index (κ1) is 12.4. The molecule has 4 nitrogen and oxygen atoms in total. The fraction of sp³-hybridized carbons (Fsp3) is 0.846. The molecule has 2 rings (SSSR count). The molecular weight excluding hydrogens is 218 g/mol. The van der Waals surface area contributed by atoms with Crippen LogP contribution in [0.2, 0.25) is 0 Å². The van der Waals surface area contributed by atoms with E-state index < -0.39 is 11.4 Å². The molecule has 0 radical (unpaired) electrons. The summed E-state index contributed by atoms with van der Waals surface area (Å²) in [5.41, 5.74) is -0.879. The standard InChI is InChI=1S/C13H21NO3/c1-13(2,12(16)17)7-14-11(15)10-8-5-3-4-6-9(8)10/h8-10H,3-7H2,1-2H3,(H,14,15)(H,16,17). The molecular formula is C13H21NO3. The summed E-state index contributed by atoms with van der Waals surface area (Å²) in [6.45, 7) is 3.49. The summed E-state index contributed by atoms with van der Waals surface area (Å²) in [6, 6.07) is 0. The SMILES string of the molecule is CC(C)(CNC(=O)C1C2CCCCC21)C(=O)O. The van der Waals surface area contributed by atoms with Gasteiger partial charge in [0.15, 0.2) is 0 Å². The molecule has 2 aliphatic rings. The van der Waals surface area contributed by atoms with Crippen LogP contribution in [0.5, 0.6) is 0 Å².